The number of nitrogens with one attached hydrogen (secondary N) is 1. The van der Waals surface area contributed by atoms with Crippen LogP contribution in [-0.4, -0.2) is 42.6 Å². The number of piperidine rings is 1. The Morgan fingerprint density at radius 3 is 2.67 bits per heavy atom. The Balaban J connectivity index is 1.61. The van der Waals surface area contributed by atoms with Crippen LogP contribution in [0.5, 0.6) is 0 Å². The predicted molar refractivity (Wildman–Crippen MR) is 90.0 cm³/mol. The second-order valence-corrected chi connectivity index (χ2v) is 5.99. The summed E-state index contributed by atoms with van der Waals surface area (Å²) < 4.78 is 10.7. The first kappa shape index (κ1) is 16.4. The highest BCUT2D eigenvalue weighted by Crippen LogP contribution is 2.25. The van der Waals surface area contributed by atoms with Crippen molar-refractivity contribution in [1.29, 1.82) is 0 Å². The van der Waals surface area contributed by atoms with Gasteiger partial charge in [-0.1, -0.05) is 18.2 Å². The summed E-state index contributed by atoms with van der Waals surface area (Å²) in [4.78, 5) is 25.9. The van der Waals surface area contributed by atoms with E-state index in [0.717, 1.165) is 16.5 Å². The zero-order valence-corrected chi connectivity index (χ0v) is 14.0. The van der Waals surface area contributed by atoms with Crippen LogP contribution in [-0.2, 0) is 4.74 Å². The van der Waals surface area contributed by atoms with Gasteiger partial charge < -0.3 is 19.4 Å². The molecular weight excluding hydrogens is 308 g/mol. The number of ether oxygens (including phenoxy) is 1. The van der Waals surface area contributed by atoms with Crippen LogP contribution >= 0.6 is 0 Å². The fraction of sp³-hybridized carbons (Fsp3) is 0.444. The first-order chi connectivity index (χ1) is 11.6. The van der Waals surface area contributed by atoms with Gasteiger partial charge in [0.25, 0.3) is 5.91 Å². The minimum Gasteiger partial charge on any atom is -0.451 e. The van der Waals surface area contributed by atoms with Crippen LogP contribution in [0, 0.1) is 6.92 Å². The van der Waals surface area contributed by atoms with Crippen molar-refractivity contribution < 1.29 is 18.7 Å². The predicted octanol–water partition coefficient (Wildman–Crippen LogP) is 3.09. The van der Waals surface area contributed by atoms with Crippen LogP contribution in [0.25, 0.3) is 11.0 Å². The molecule has 24 heavy (non-hydrogen) atoms. The maximum atomic E-state index is 12.5. The van der Waals surface area contributed by atoms with E-state index in [9.17, 15) is 9.59 Å². The van der Waals surface area contributed by atoms with E-state index in [1.54, 1.807) is 11.8 Å². The molecule has 0 radical (unpaired) electrons. The third-order valence-electron chi connectivity index (χ3n) is 4.41. The van der Waals surface area contributed by atoms with Gasteiger partial charge in [0.2, 0.25) is 0 Å². The van der Waals surface area contributed by atoms with Gasteiger partial charge in [0, 0.05) is 30.1 Å². The second-order valence-electron chi connectivity index (χ2n) is 5.99. The quantitative estimate of drug-likeness (QED) is 0.939. The van der Waals surface area contributed by atoms with Crippen molar-refractivity contribution >= 4 is 23.0 Å². The van der Waals surface area contributed by atoms with Crippen LogP contribution in [0.1, 0.15) is 35.9 Å². The molecule has 1 saturated heterocycles. The Labute approximate surface area is 140 Å². The first-order valence-corrected chi connectivity index (χ1v) is 8.30. The van der Waals surface area contributed by atoms with E-state index < -0.39 is 0 Å². The average Bonchev–Trinajstić information content (AvgIpc) is 2.93. The van der Waals surface area contributed by atoms with Gasteiger partial charge >= 0.3 is 6.09 Å². The maximum absolute atomic E-state index is 12.5. The lowest BCUT2D eigenvalue weighted by Gasteiger charge is -2.31. The normalized spacial score (nSPS) is 15.5. The van der Waals surface area contributed by atoms with Crippen molar-refractivity contribution in [3.05, 3.63) is 35.6 Å². The Hall–Kier alpha value is -2.50. The number of likely N-dealkylation sites (tertiary alicyclic amines) is 1. The molecule has 1 aliphatic heterocycles. The van der Waals surface area contributed by atoms with Crippen molar-refractivity contribution in [2.45, 2.75) is 32.7 Å². The maximum Gasteiger partial charge on any atom is 0.409 e. The standard InChI is InChI=1S/C18H22N2O4/c1-3-23-18(22)20-10-8-13(9-11-20)19-17(21)16-12(2)14-6-4-5-7-15(14)24-16/h4-7,13H,3,8-11H2,1-2H3,(H,19,21). The molecule has 2 heterocycles. The molecule has 0 aliphatic carbocycles. The van der Waals surface area contributed by atoms with Gasteiger partial charge in [0.1, 0.15) is 5.58 Å². The molecule has 2 amide bonds. The smallest absolute Gasteiger partial charge is 0.409 e. The first-order valence-electron chi connectivity index (χ1n) is 8.30. The van der Waals surface area contributed by atoms with Crippen LogP contribution < -0.4 is 5.32 Å². The lowest BCUT2D eigenvalue weighted by molar-refractivity contribution is 0.0841. The van der Waals surface area contributed by atoms with Crippen LogP contribution in [0.3, 0.4) is 0 Å². The third-order valence-corrected chi connectivity index (χ3v) is 4.41. The number of nitrogens with zero attached hydrogens (tertiary/aromatic N) is 1. The minimum absolute atomic E-state index is 0.0378. The summed E-state index contributed by atoms with van der Waals surface area (Å²) in [5.74, 6) is 0.169. The number of benzene rings is 1. The zero-order chi connectivity index (χ0) is 17.1. The minimum atomic E-state index is -0.282. The molecule has 0 spiro atoms. The molecule has 1 fully saturated rings. The zero-order valence-electron chi connectivity index (χ0n) is 14.0. The molecule has 0 saturated carbocycles. The van der Waals surface area contributed by atoms with Gasteiger partial charge in [0.15, 0.2) is 5.76 Å². The monoisotopic (exact) mass is 330 g/mol. The summed E-state index contributed by atoms with van der Waals surface area (Å²) in [5, 5.41) is 3.98. The number of rotatable bonds is 3. The van der Waals surface area contributed by atoms with E-state index in [1.807, 2.05) is 31.2 Å². The summed E-state index contributed by atoms with van der Waals surface area (Å²) in [7, 11) is 0. The fourth-order valence-corrected chi connectivity index (χ4v) is 3.06. The summed E-state index contributed by atoms with van der Waals surface area (Å²) in [6.45, 7) is 5.23. The van der Waals surface area contributed by atoms with Gasteiger partial charge in [-0.25, -0.2) is 4.79 Å². The second kappa shape index (κ2) is 6.95. The topological polar surface area (TPSA) is 71.8 Å². The van der Waals surface area contributed by atoms with E-state index in [1.165, 1.54) is 0 Å². The molecule has 1 N–H and O–H groups in total. The molecule has 6 nitrogen and oxygen atoms in total. The fourth-order valence-electron chi connectivity index (χ4n) is 3.06. The van der Waals surface area contributed by atoms with Crippen molar-refractivity contribution in [3.63, 3.8) is 0 Å². The number of furan rings is 1. The molecule has 0 unspecified atom stereocenters. The summed E-state index contributed by atoms with van der Waals surface area (Å²) in [6.07, 6.45) is 1.14. The Morgan fingerprint density at radius 2 is 2.00 bits per heavy atom. The molecule has 6 heteroatoms. The average molecular weight is 330 g/mol. The van der Waals surface area contributed by atoms with Crippen molar-refractivity contribution in [1.82, 2.24) is 10.2 Å². The van der Waals surface area contributed by atoms with E-state index in [-0.39, 0.29) is 18.0 Å². The number of carbonyl (C=O) groups excluding carboxylic acids is 2. The van der Waals surface area contributed by atoms with Crippen LogP contribution in [0.15, 0.2) is 28.7 Å². The van der Waals surface area contributed by atoms with Gasteiger partial charge in [-0.2, -0.15) is 0 Å². The van der Waals surface area contributed by atoms with E-state index in [0.29, 0.717) is 38.3 Å². The highest BCUT2D eigenvalue weighted by atomic mass is 16.6. The van der Waals surface area contributed by atoms with Crippen LogP contribution in [0.4, 0.5) is 4.79 Å². The molecule has 2 aromatic rings. The number of carbonyl (C=O) groups is 2. The summed E-state index contributed by atoms with van der Waals surface area (Å²) in [5.41, 5.74) is 1.57. The van der Waals surface area contributed by atoms with Gasteiger partial charge in [-0.15, -0.1) is 0 Å². The van der Waals surface area contributed by atoms with E-state index >= 15 is 0 Å². The van der Waals surface area contributed by atoms with Crippen molar-refractivity contribution in [2.24, 2.45) is 0 Å². The highest BCUT2D eigenvalue weighted by molar-refractivity contribution is 5.99. The molecular formula is C18H22N2O4. The molecule has 1 aromatic carbocycles. The van der Waals surface area contributed by atoms with Gasteiger partial charge in [0.05, 0.1) is 6.61 Å². The molecule has 1 aliphatic rings. The lowest BCUT2D eigenvalue weighted by atomic mass is 10.0. The Kier molecular flexibility index (Phi) is 4.74. The third kappa shape index (κ3) is 3.22. The molecule has 0 atom stereocenters. The van der Waals surface area contributed by atoms with E-state index in [4.69, 9.17) is 9.15 Å². The number of fused-ring (bicyclic) bond motifs is 1. The molecule has 0 bridgehead atoms. The molecule has 128 valence electrons. The SMILES string of the molecule is CCOC(=O)N1CCC(NC(=O)c2oc3ccccc3c2C)CC1. The Morgan fingerprint density at radius 1 is 1.29 bits per heavy atom. The van der Waals surface area contributed by atoms with Crippen LogP contribution in [0.2, 0.25) is 0 Å². The van der Waals surface area contributed by atoms with E-state index in [2.05, 4.69) is 5.32 Å². The number of para-hydroxylation sites is 1. The van der Waals surface area contributed by atoms with Gasteiger partial charge in [-0.3, -0.25) is 4.79 Å². The molecule has 3 rings (SSSR count). The molecule has 1 aromatic heterocycles. The number of hydrogen-bond acceptors (Lipinski definition) is 4. The summed E-state index contributed by atoms with van der Waals surface area (Å²) in [6, 6.07) is 7.66. The van der Waals surface area contributed by atoms with Gasteiger partial charge in [-0.05, 0) is 32.8 Å². The summed E-state index contributed by atoms with van der Waals surface area (Å²) >= 11 is 0. The van der Waals surface area contributed by atoms with Crippen molar-refractivity contribution in [2.75, 3.05) is 19.7 Å². The number of amides is 2. The number of aryl methyl sites for hydroxylation is 1. The largest absolute Gasteiger partial charge is 0.451 e. The number of hydrogen-bond donors (Lipinski definition) is 1. The lowest BCUT2D eigenvalue weighted by Crippen LogP contribution is -2.46. The highest BCUT2D eigenvalue weighted by Gasteiger charge is 2.26. The van der Waals surface area contributed by atoms with Crippen molar-refractivity contribution in [3.8, 4) is 0 Å². The Bertz CT molecular complexity index is 745.